The molecule has 0 saturated carbocycles. The first-order chi connectivity index (χ1) is 6.34. The molecular formula is C11H18N2. The minimum Gasteiger partial charge on any atom is -0.324 e. The van der Waals surface area contributed by atoms with Crippen molar-refractivity contribution in [1.82, 2.24) is 4.98 Å². The van der Waals surface area contributed by atoms with Gasteiger partial charge in [0.25, 0.3) is 0 Å². The van der Waals surface area contributed by atoms with E-state index in [4.69, 9.17) is 5.73 Å². The summed E-state index contributed by atoms with van der Waals surface area (Å²) in [6.45, 7) is 2.21. The van der Waals surface area contributed by atoms with Gasteiger partial charge in [-0.25, -0.2) is 0 Å². The van der Waals surface area contributed by atoms with Crippen LogP contribution in [-0.2, 0) is 0 Å². The molecule has 72 valence electrons. The summed E-state index contributed by atoms with van der Waals surface area (Å²) >= 11 is 0. The van der Waals surface area contributed by atoms with Crippen LogP contribution in [0.3, 0.4) is 0 Å². The van der Waals surface area contributed by atoms with Crippen LogP contribution in [-0.4, -0.2) is 4.98 Å². The number of hydrogen-bond acceptors (Lipinski definition) is 2. The van der Waals surface area contributed by atoms with E-state index in [9.17, 15) is 0 Å². The van der Waals surface area contributed by atoms with Crippen molar-refractivity contribution in [3.05, 3.63) is 30.1 Å². The number of aromatic nitrogens is 1. The molecule has 0 fully saturated rings. The summed E-state index contributed by atoms with van der Waals surface area (Å²) in [5.74, 6) is 0. The molecule has 1 aromatic heterocycles. The predicted molar refractivity (Wildman–Crippen MR) is 55.3 cm³/mol. The second-order valence-corrected chi connectivity index (χ2v) is 3.38. The van der Waals surface area contributed by atoms with E-state index in [0.29, 0.717) is 0 Å². The Kier molecular flexibility index (Phi) is 4.47. The lowest BCUT2D eigenvalue weighted by Gasteiger charge is -2.10. The Hall–Kier alpha value is -0.890. The summed E-state index contributed by atoms with van der Waals surface area (Å²) in [5.41, 5.74) is 7.21. The molecule has 0 aliphatic rings. The van der Waals surface area contributed by atoms with Crippen LogP contribution >= 0.6 is 0 Å². The quantitative estimate of drug-likeness (QED) is 0.704. The normalized spacial score (nSPS) is 12.8. The molecule has 1 aromatic rings. The zero-order chi connectivity index (χ0) is 9.52. The number of hydrogen-bond donors (Lipinski definition) is 1. The minimum absolute atomic E-state index is 0.189. The van der Waals surface area contributed by atoms with Crippen molar-refractivity contribution in [2.75, 3.05) is 0 Å². The second kappa shape index (κ2) is 5.70. The molecule has 0 bridgehead atoms. The van der Waals surface area contributed by atoms with E-state index in [0.717, 1.165) is 6.42 Å². The second-order valence-electron chi connectivity index (χ2n) is 3.38. The molecule has 0 spiro atoms. The molecule has 0 aliphatic heterocycles. The number of nitrogens with two attached hydrogens (primary N) is 1. The molecule has 0 unspecified atom stereocenters. The van der Waals surface area contributed by atoms with Crippen LogP contribution in [0.15, 0.2) is 24.5 Å². The highest BCUT2D eigenvalue weighted by molar-refractivity contribution is 5.13. The molecule has 2 heteroatoms. The average Bonchev–Trinajstić information content (AvgIpc) is 2.19. The fraction of sp³-hybridized carbons (Fsp3) is 0.545. The van der Waals surface area contributed by atoms with E-state index in [1.165, 1.54) is 24.8 Å². The first-order valence-electron chi connectivity index (χ1n) is 5.00. The zero-order valence-electron chi connectivity index (χ0n) is 8.24. The summed E-state index contributed by atoms with van der Waals surface area (Å²) in [7, 11) is 0. The van der Waals surface area contributed by atoms with E-state index in [1.54, 1.807) is 12.4 Å². The molecule has 13 heavy (non-hydrogen) atoms. The van der Waals surface area contributed by atoms with Gasteiger partial charge in [-0.15, -0.1) is 0 Å². The van der Waals surface area contributed by atoms with Crippen LogP contribution in [0.1, 0.15) is 44.2 Å². The van der Waals surface area contributed by atoms with Gasteiger partial charge in [0.15, 0.2) is 0 Å². The van der Waals surface area contributed by atoms with Gasteiger partial charge in [-0.3, -0.25) is 4.98 Å². The monoisotopic (exact) mass is 178 g/mol. The summed E-state index contributed by atoms with van der Waals surface area (Å²) in [6.07, 6.45) is 8.43. The lowest BCUT2D eigenvalue weighted by molar-refractivity contribution is 0.581. The summed E-state index contributed by atoms with van der Waals surface area (Å²) in [5, 5.41) is 0. The highest BCUT2D eigenvalue weighted by atomic mass is 14.6. The van der Waals surface area contributed by atoms with Crippen molar-refractivity contribution in [2.45, 2.75) is 38.6 Å². The van der Waals surface area contributed by atoms with Gasteiger partial charge in [0.05, 0.1) is 0 Å². The number of rotatable bonds is 5. The summed E-state index contributed by atoms with van der Waals surface area (Å²) in [4.78, 5) is 3.97. The third-order valence-electron chi connectivity index (χ3n) is 2.25. The number of pyridine rings is 1. The zero-order valence-corrected chi connectivity index (χ0v) is 8.24. The van der Waals surface area contributed by atoms with Crippen LogP contribution in [0, 0.1) is 0 Å². The molecule has 1 atom stereocenters. The lowest BCUT2D eigenvalue weighted by Crippen LogP contribution is -2.09. The maximum absolute atomic E-state index is 6.01. The van der Waals surface area contributed by atoms with E-state index >= 15 is 0 Å². The van der Waals surface area contributed by atoms with E-state index in [1.807, 2.05) is 12.1 Å². The Morgan fingerprint density at radius 1 is 1.31 bits per heavy atom. The fourth-order valence-corrected chi connectivity index (χ4v) is 1.39. The van der Waals surface area contributed by atoms with Crippen LogP contribution < -0.4 is 5.73 Å². The first kappa shape index (κ1) is 10.2. The van der Waals surface area contributed by atoms with Crippen LogP contribution in [0.4, 0.5) is 0 Å². The third-order valence-corrected chi connectivity index (χ3v) is 2.25. The average molecular weight is 178 g/mol. The van der Waals surface area contributed by atoms with Crippen molar-refractivity contribution in [3.8, 4) is 0 Å². The number of nitrogens with zero attached hydrogens (tertiary/aromatic N) is 1. The predicted octanol–water partition coefficient (Wildman–Crippen LogP) is 2.66. The molecule has 0 aromatic carbocycles. The van der Waals surface area contributed by atoms with Gasteiger partial charge in [0, 0.05) is 18.4 Å². The van der Waals surface area contributed by atoms with Gasteiger partial charge < -0.3 is 5.73 Å². The van der Waals surface area contributed by atoms with Gasteiger partial charge in [-0.1, -0.05) is 26.2 Å². The van der Waals surface area contributed by atoms with Gasteiger partial charge in [0.1, 0.15) is 0 Å². The van der Waals surface area contributed by atoms with Gasteiger partial charge in [0.2, 0.25) is 0 Å². The topological polar surface area (TPSA) is 38.9 Å². The van der Waals surface area contributed by atoms with Crippen molar-refractivity contribution in [1.29, 1.82) is 0 Å². The largest absolute Gasteiger partial charge is 0.324 e. The molecule has 2 nitrogen and oxygen atoms in total. The molecule has 1 heterocycles. The van der Waals surface area contributed by atoms with Crippen LogP contribution in [0.2, 0.25) is 0 Å². The van der Waals surface area contributed by atoms with E-state index in [2.05, 4.69) is 11.9 Å². The van der Waals surface area contributed by atoms with E-state index in [-0.39, 0.29) is 6.04 Å². The van der Waals surface area contributed by atoms with Gasteiger partial charge in [-0.05, 0) is 24.1 Å². The highest BCUT2D eigenvalue weighted by Gasteiger charge is 2.03. The lowest BCUT2D eigenvalue weighted by atomic mass is 10.0. The molecule has 0 amide bonds. The maximum Gasteiger partial charge on any atom is 0.0295 e. The minimum atomic E-state index is 0.189. The Morgan fingerprint density at radius 2 is 2.00 bits per heavy atom. The third kappa shape index (κ3) is 3.55. The summed E-state index contributed by atoms with van der Waals surface area (Å²) in [6, 6.07) is 4.18. The SMILES string of the molecule is CCCCC[C@@H](N)c1ccncc1. The van der Waals surface area contributed by atoms with Gasteiger partial charge in [-0.2, -0.15) is 0 Å². The Balaban J connectivity index is 2.35. The molecule has 1 rings (SSSR count). The first-order valence-corrected chi connectivity index (χ1v) is 5.00. The Labute approximate surface area is 80.2 Å². The van der Waals surface area contributed by atoms with Crippen molar-refractivity contribution in [3.63, 3.8) is 0 Å². The van der Waals surface area contributed by atoms with Crippen molar-refractivity contribution in [2.24, 2.45) is 5.73 Å². The molecular weight excluding hydrogens is 160 g/mol. The van der Waals surface area contributed by atoms with Crippen LogP contribution in [0.5, 0.6) is 0 Å². The smallest absolute Gasteiger partial charge is 0.0295 e. The fourth-order valence-electron chi connectivity index (χ4n) is 1.39. The Morgan fingerprint density at radius 3 is 2.62 bits per heavy atom. The highest BCUT2D eigenvalue weighted by Crippen LogP contribution is 2.15. The molecule has 0 saturated heterocycles. The Bertz CT molecular complexity index is 221. The standard InChI is InChI=1S/C11H18N2/c1-2-3-4-5-11(12)10-6-8-13-9-7-10/h6-9,11H,2-5,12H2,1H3/t11-/m1/s1. The van der Waals surface area contributed by atoms with Crippen molar-refractivity contribution < 1.29 is 0 Å². The summed E-state index contributed by atoms with van der Waals surface area (Å²) < 4.78 is 0. The van der Waals surface area contributed by atoms with E-state index < -0.39 is 0 Å². The van der Waals surface area contributed by atoms with Crippen molar-refractivity contribution >= 4 is 0 Å². The molecule has 0 aliphatic carbocycles. The number of unbranched alkanes of at least 4 members (excludes halogenated alkanes) is 2. The molecule has 2 N–H and O–H groups in total. The maximum atomic E-state index is 6.01. The molecule has 0 radical (unpaired) electrons. The van der Waals surface area contributed by atoms with Gasteiger partial charge >= 0.3 is 0 Å². The van der Waals surface area contributed by atoms with Crippen LogP contribution in [0.25, 0.3) is 0 Å².